The van der Waals surface area contributed by atoms with Crippen LogP contribution in [0.15, 0.2) is 82.6 Å². The molecule has 7 nitrogen and oxygen atoms in total. The van der Waals surface area contributed by atoms with Gasteiger partial charge in [0.2, 0.25) is 5.88 Å². The highest BCUT2D eigenvalue weighted by Crippen LogP contribution is 2.51. The Morgan fingerprint density at radius 3 is 2.62 bits per heavy atom. The smallest absolute Gasteiger partial charge is 0.216 e. The first-order chi connectivity index (χ1) is 18.2. The van der Waals surface area contributed by atoms with Crippen molar-refractivity contribution in [2.24, 2.45) is 0 Å². The number of rotatable bonds is 6. The van der Waals surface area contributed by atoms with E-state index in [4.69, 9.17) is 29.7 Å². The quantitative estimate of drug-likeness (QED) is 0.277. The lowest BCUT2D eigenvalue weighted by atomic mass is 10.1. The Labute approximate surface area is 220 Å². The average molecular weight is 514 g/mol. The number of pyridine rings is 1. The molecule has 188 valence electrons. The Morgan fingerprint density at radius 1 is 0.973 bits per heavy atom. The molecule has 2 aliphatic heterocycles. The number of fused-ring (bicyclic) bond motifs is 2. The number of hydrogen-bond acceptors (Lipinski definition) is 8. The predicted octanol–water partition coefficient (Wildman–Crippen LogP) is 6.01. The van der Waals surface area contributed by atoms with Gasteiger partial charge in [0.1, 0.15) is 18.1 Å². The molecule has 0 spiro atoms. The van der Waals surface area contributed by atoms with Gasteiger partial charge in [-0.1, -0.05) is 30.0 Å². The van der Waals surface area contributed by atoms with Crippen LogP contribution in [-0.2, 0) is 11.3 Å². The normalized spacial score (nSPS) is 14.4. The Balaban J connectivity index is 1.35. The largest absolute Gasteiger partial charge is 0.497 e. The van der Waals surface area contributed by atoms with Crippen molar-refractivity contribution in [1.29, 1.82) is 0 Å². The van der Waals surface area contributed by atoms with E-state index in [0.29, 0.717) is 31.4 Å². The third kappa shape index (κ3) is 5.03. The highest BCUT2D eigenvalue weighted by atomic mass is 32.2. The van der Waals surface area contributed by atoms with E-state index in [1.807, 2.05) is 60.7 Å². The van der Waals surface area contributed by atoms with Gasteiger partial charge in [0.05, 0.1) is 35.8 Å². The SMILES string of the molecule is COc1ccc(COc2cc(N3CCOCC3)cc(-c3cccc4c3Oc3ccc(N)cc3S4)n2)cc1. The van der Waals surface area contributed by atoms with Crippen LogP contribution in [0.3, 0.4) is 0 Å². The first-order valence-corrected chi connectivity index (χ1v) is 13.0. The summed E-state index contributed by atoms with van der Waals surface area (Å²) in [5.41, 5.74) is 10.5. The Hall–Kier alpha value is -3.88. The molecule has 0 aliphatic carbocycles. The zero-order valence-electron chi connectivity index (χ0n) is 20.5. The maximum absolute atomic E-state index is 6.39. The van der Waals surface area contributed by atoms with Crippen LogP contribution >= 0.6 is 11.8 Å². The number of anilines is 2. The van der Waals surface area contributed by atoms with Crippen LogP contribution in [0.2, 0.25) is 0 Å². The van der Waals surface area contributed by atoms with E-state index in [1.165, 1.54) is 0 Å². The molecule has 2 N–H and O–H groups in total. The van der Waals surface area contributed by atoms with Gasteiger partial charge < -0.3 is 29.6 Å². The van der Waals surface area contributed by atoms with Crippen molar-refractivity contribution in [2.75, 3.05) is 44.0 Å². The Kier molecular flexibility index (Phi) is 6.51. The van der Waals surface area contributed by atoms with Crippen molar-refractivity contribution in [3.05, 3.63) is 78.4 Å². The van der Waals surface area contributed by atoms with Crippen molar-refractivity contribution < 1.29 is 18.9 Å². The minimum absolute atomic E-state index is 0.400. The lowest BCUT2D eigenvalue weighted by molar-refractivity contribution is 0.122. The van der Waals surface area contributed by atoms with Crippen LogP contribution < -0.4 is 24.8 Å². The molecule has 1 saturated heterocycles. The van der Waals surface area contributed by atoms with Crippen LogP contribution in [0.25, 0.3) is 11.3 Å². The molecule has 0 amide bonds. The monoisotopic (exact) mass is 513 g/mol. The maximum Gasteiger partial charge on any atom is 0.216 e. The molecule has 8 heteroatoms. The van der Waals surface area contributed by atoms with Gasteiger partial charge in [-0.25, -0.2) is 4.98 Å². The second-order valence-electron chi connectivity index (χ2n) is 8.83. The highest BCUT2D eigenvalue weighted by molar-refractivity contribution is 7.99. The third-order valence-corrected chi connectivity index (χ3v) is 7.44. The van der Waals surface area contributed by atoms with Crippen molar-refractivity contribution in [3.63, 3.8) is 0 Å². The fourth-order valence-corrected chi connectivity index (χ4v) is 5.44. The molecule has 0 bridgehead atoms. The van der Waals surface area contributed by atoms with Gasteiger partial charge in [0, 0.05) is 36.1 Å². The van der Waals surface area contributed by atoms with Crippen molar-refractivity contribution in [1.82, 2.24) is 4.98 Å². The summed E-state index contributed by atoms with van der Waals surface area (Å²) in [6.07, 6.45) is 0. The summed E-state index contributed by atoms with van der Waals surface area (Å²) in [6.45, 7) is 3.42. The summed E-state index contributed by atoms with van der Waals surface area (Å²) < 4.78 is 23.4. The van der Waals surface area contributed by atoms with Crippen LogP contribution in [-0.4, -0.2) is 38.4 Å². The first kappa shape index (κ1) is 23.5. The van der Waals surface area contributed by atoms with E-state index in [1.54, 1.807) is 18.9 Å². The van der Waals surface area contributed by atoms with Crippen molar-refractivity contribution >= 4 is 23.1 Å². The summed E-state index contributed by atoms with van der Waals surface area (Å²) >= 11 is 1.65. The van der Waals surface area contributed by atoms with E-state index >= 15 is 0 Å². The van der Waals surface area contributed by atoms with Gasteiger partial charge in [0.25, 0.3) is 0 Å². The molecule has 0 radical (unpaired) electrons. The molecule has 2 aliphatic rings. The maximum atomic E-state index is 6.39. The predicted molar refractivity (Wildman–Crippen MR) is 145 cm³/mol. The van der Waals surface area contributed by atoms with Gasteiger partial charge in [-0.3, -0.25) is 0 Å². The molecule has 6 rings (SSSR count). The number of morpholine rings is 1. The summed E-state index contributed by atoms with van der Waals surface area (Å²) in [7, 11) is 1.66. The molecular weight excluding hydrogens is 486 g/mol. The minimum atomic E-state index is 0.400. The second kappa shape index (κ2) is 10.2. The van der Waals surface area contributed by atoms with E-state index in [0.717, 1.165) is 62.6 Å². The first-order valence-electron chi connectivity index (χ1n) is 12.2. The molecule has 0 saturated carbocycles. The van der Waals surface area contributed by atoms with Crippen LogP contribution in [0.5, 0.6) is 23.1 Å². The molecule has 3 aromatic carbocycles. The van der Waals surface area contributed by atoms with Gasteiger partial charge in [-0.2, -0.15) is 0 Å². The zero-order chi connectivity index (χ0) is 25.2. The van der Waals surface area contributed by atoms with Gasteiger partial charge in [-0.15, -0.1) is 0 Å². The topological polar surface area (TPSA) is 79.1 Å². The molecule has 0 atom stereocenters. The number of hydrogen-bond donors (Lipinski definition) is 1. The van der Waals surface area contributed by atoms with E-state index in [2.05, 4.69) is 17.0 Å². The van der Waals surface area contributed by atoms with E-state index in [-0.39, 0.29) is 0 Å². The summed E-state index contributed by atoms with van der Waals surface area (Å²) in [5.74, 6) is 2.95. The Bertz CT molecular complexity index is 1420. The molecule has 1 fully saturated rings. The van der Waals surface area contributed by atoms with Crippen molar-refractivity contribution in [3.8, 4) is 34.4 Å². The number of aromatic nitrogens is 1. The lowest BCUT2D eigenvalue weighted by Gasteiger charge is -2.29. The standard InChI is InChI=1S/C29H27N3O4S/c1-33-22-8-5-19(6-9-22)18-35-28-17-21(32-11-13-34-14-12-32)16-24(31-28)23-3-2-4-26-29(23)36-25-10-7-20(30)15-27(25)37-26/h2-10,15-17H,11-14,18,30H2,1H3. The number of ether oxygens (including phenoxy) is 4. The number of nitrogens with two attached hydrogens (primary N) is 1. The molecule has 4 aromatic rings. The molecule has 3 heterocycles. The van der Waals surface area contributed by atoms with Gasteiger partial charge >= 0.3 is 0 Å². The Morgan fingerprint density at radius 2 is 1.81 bits per heavy atom. The van der Waals surface area contributed by atoms with Gasteiger partial charge in [0.15, 0.2) is 5.75 Å². The van der Waals surface area contributed by atoms with Crippen LogP contribution in [0.4, 0.5) is 11.4 Å². The summed E-state index contributed by atoms with van der Waals surface area (Å²) in [4.78, 5) is 9.24. The van der Waals surface area contributed by atoms with Crippen LogP contribution in [0.1, 0.15) is 5.56 Å². The summed E-state index contributed by atoms with van der Waals surface area (Å²) in [5, 5.41) is 0. The second-order valence-corrected chi connectivity index (χ2v) is 9.91. The fraction of sp³-hybridized carbons (Fsp3) is 0.207. The zero-order valence-corrected chi connectivity index (χ0v) is 21.3. The molecule has 1 aromatic heterocycles. The number of nitrogens with zero attached hydrogens (tertiary/aromatic N) is 2. The average Bonchev–Trinajstić information content (AvgIpc) is 2.95. The number of methoxy groups -OCH3 is 1. The number of para-hydroxylation sites is 1. The third-order valence-electron chi connectivity index (χ3n) is 6.36. The highest BCUT2D eigenvalue weighted by Gasteiger charge is 2.23. The molecule has 0 unspecified atom stereocenters. The molecular formula is C29H27N3O4S. The summed E-state index contributed by atoms with van der Waals surface area (Å²) in [6, 6.07) is 23.8. The fourth-order valence-electron chi connectivity index (χ4n) is 4.41. The van der Waals surface area contributed by atoms with Gasteiger partial charge in [-0.05, 0) is 54.1 Å². The van der Waals surface area contributed by atoms with Crippen LogP contribution in [0, 0.1) is 0 Å². The van der Waals surface area contributed by atoms with E-state index < -0.39 is 0 Å². The number of nitrogen functional groups attached to an aromatic ring is 1. The molecule has 37 heavy (non-hydrogen) atoms. The van der Waals surface area contributed by atoms with E-state index in [9.17, 15) is 0 Å². The lowest BCUT2D eigenvalue weighted by Crippen LogP contribution is -2.36. The number of benzene rings is 3. The van der Waals surface area contributed by atoms with Crippen molar-refractivity contribution in [2.45, 2.75) is 16.4 Å². The minimum Gasteiger partial charge on any atom is -0.497 e.